The van der Waals surface area contributed by atoms with Crippen LogP contribution in [0.1, 0.15) is 42.7 Å². The second-order valence-corrected chi connectivity index (χ2v) is 9.64. The molecule has 2 aromatic carbocycles. The number of carbonyl (C=O) groups excluding carboxylic acids is 2. The number of carboxylic acids is 1. The van der Waals surface area contributed by atoms with Crippen molar-refractivity contribution in [2.45, 2.75) is 43.2 Å². The molecule has 2 unspecified atom stereocenters. The first kappa shape index (κ1) is 22.4. The largest absolute Gasteiger partial charge is 0.479 e. The van der Waals surface area contributed by atoms with Gasteiger partial charge in [-0.25, -0.2) is 9.59 Å². The number of amides is 2. The minimum Gasteiger partial charge on any atom is -0.479 e. The van der Waals surface area contributed by atoms with Crippen LogP contribution >= 0.6 is 0 Å². The van der Waals surface area contributed by atoms with Crippen LogP contribution in [-0.2, 0) is 14.3 Å². The number of aliphatic carboxylic acids is 1. The van der Waals surface area contributed by atoms with Crippen molar-refractivity contribution in [1.82, 2.24) is 10.2 Å². The Morgan fingerprint density at radius 2 is 1.62 bits per heavy atom. The lowest BCUT2D eigenvalue weighted by atomic mass is 9.92. The van der Waals surface area contributed by atoms with Crippen molar-refractivity contribution >= 4 is 18.0 Å². The van der Waals surface area contributed by atoms with Crippen molar-refractivity contribution in [2.75, 3.05) is 19.7 Å². The predicted molar refractivity (Wildman–Crippen MR) is 123 cm³/mol. The number of hydrogen-bond donors (Lipinski definition) is 3. The maximum absolute atomic E-state index is 12.5. The van der Waals surface area contributed by atoms with E-state index >= 15 is 0 Å². The minimum atomic E-state index is -1.82. The normalized spacial score (nSPS) is 22.4. The van der Waals surface area contributed by atoms with Crippen LogP contribution in [0.3, 0.4) is 0 Å². The van der Waals surface area contributed by atoms with E-state index in [9.17, 15) is 19.5 Å². The number of benzene rings is 2. The summed E-state index contributed by atoms with van der Waals surface area (Å²) in [6.45, 7) is -0.0828. The Balaban J connectivity index is 1.09. The summed E-state index contributed by atoms with van der Waals surface area (Å²) in [5.74, 6) is -1.33. The molecule has 178 valence electrons. The van der Waals surface area contributed by atoms with E-state index in [0.29, 0.717) is 12.8 Å². The van der Waals surface area contributed by atoms with E-state index < -0.39 is 17.7 Å². The molecule has 0 aromatic heterocycles. The van der Waals surface area contributed by atoms with Gasteiger partial charge in [0.15, 0.2) is 5.60 Å². The molecule has 2 amide bonds. The van der Waals surface area contributed by atoms with Crippen molar-refractivity contribution in [3.63, 3.8) is 0 Å². The summed E-state index contributed by atoms with van der Waals surface area (Å²) < 4.78 is 5.62. The van der Waals surface area contributed by atoms with E-state index in [1.807, 2.05) is 24.3 Å². The average Bonchev–Trinajstić information content (AvgIpc) is 3.37. The zero-order valence-electron chi connectivity index (χ0n) is 18.8. The fourth-order valence-corrected chi connectivity index (χ4v) is 5.47. The topological polar surface area (TPSA) is 116 Å². The molecule has 1 saturated heterocycles. The zero-order valence-corrected chi connectivity index (χ0v) is 18.8. The third kappa shape index (κ3) is 4.14. The van der Waals surface area contributed by atoms with Crippen LogP contribution in [0.25, 0.3) is 11.1 Å². The molecule has 8 nitrogen and oxygen atoms in total. The van der Waals surface area contributed by atoms with E-state index in [2.05, 4.69) is 29.6 Å². The Morgan fingerprint density at radius 1 is 1.00 bits per heavy atom. The molecule has 5 rings (SSSR count). The highest BCUT2D eigenvalue weighted by molar-refractivity contribution is 5.85. The Bertz CT molecular complexity index is 1080. The number of nitrogens with zero attached hydrogens (tertiary/aromatic N) is 1. The standard InChI is InChI=1S/C26H28N2O6/c29-23(28-14-26(33,15-28)24(30)31)12-16-9-10-17(11-16)27-25(32)34-13-22-20-7-3-1-5-18(20)19-6-2-4-8-21(19)22/h1-8,16-17,22,33H,9-15H2,(H,27,32)(H,30,31). The molecular formula is C26H28N2O6. The van der Waals surface area contributed by atoms with Gasteiger partial charge in [-0.3, -0.25) is 4.79 Å². The number of β-amino-alcohol motifs (C(OH)–C–C–N with tert-alkyl or cyclic N) is 1. The summed E-state index contributed by atoms with van der Waals surface area (Å²) in [6.07, 6.45) is 2.08. The highest BCUT2D eigenvalue weighted by Gasteiger charge is 2.50. The van der Waals surface area contributed by atoms with Gasteiger partial charge in [0, 0.05) is 18.4 Å². The second kappa shape index (κ2) is 8.76. The lowest BCUT2D eigenvalue weighted by Gasteiger charge is -2.43. The third-order valence-electron chi connectivity index (χ3n) is 7.33. The second-order valence-electron chi connectivity index (χ2n) is 9.64. The van der Waals surface area contributed by atoms with Gasteiger partial charge in [-0.1, -0.05) is 48.5 Å². The maximum atomic E-state index is 12.5. The monoisotopic (exact) mass is 464 g/mol. The van der Waals surface area contributed by atoms with Crippen LogP contribution in [0.5, 0.6) is 0 Å². The van der Waals surface area contributed by atoms with Gasteiger partial charge < -0.3 is 25.2 Å². The minimum absolute atomic E-state index is 0.00747. The first-order valence-corrected chi connectivity index (χ1v) is 11.7. The van der Waals surface area contributed by atoms with Gasteiger partial charge in [-0.05, 0) is 47.4 Å². The Morgan fingerprint density at radius 3 is 2.24 bits per heavy atom. The fraction of sp³-hybridized carbons (Fsp3) is 0.423. The van der Waals surface area contributed by atoms with Crippen LogP contribution in [-0.4, -0.2) is 64.4 Å². The number of rotatable bonds is 6. The van der Waals surface area contributed by atoms with E-state index in [1.165, 1.54) is 16.0 Å². The van der Waals surface area contributed by atoms with Gasteiger partial charge >= 0.3 is 12.1 Å². The van der Waals surface area contributed by atoms with E-state index in [4.69, 9.17) is 9.84 Å². The highest BCUT2D eigenvalue weighted by atomic mass is 16.5. The lowest BCUT2D eigenvalue weighted by molar-refractivity contribution is -0.182. The maximum Gasteiger partial charge on any atom is 0.407 e. The smallest absolute Gasteiger partial charge is 0.407 e. The molecule has 1 aliphatic heterocycles. The molecule has 0 radical (unpaired) electrons. The number of carboxylic acid groups (broad SMARTS) is 1. The number of aliphatic hydroxyl groups is 1. The quantitative estimate of drug-likeness (QED) is 0.605. The zero-order chi connectivity index (χ0) is 23.9. The molecule has 3 aliphatic rings. The summed E-state index contributed by atoms with van der Waals surface area (Å²) in [7, 11) is 0. The van der Waals surface area contributed by atoms with Gasteiger partial charge in [-0.15, -0.1) is 0 Å². The van der Waals surface area contributed by atoms with Crippen LogP contribution in [0.4, 0.5) is 4.79 Å². The SMILES string of the molecule is O=C(NC1CCC(CC(=O)N2CC(O)(C(=O)O)C2)C1)OCC1c2ccccc2-c2ccccc21. The molecule has 34 heavy (non-hydrogen) atoms. The van der Waals surface area contributed by atoms with E-state index in [1.54, 1.807) is 0 Å². The molecule has 2 fully saturated rings. The predicted octanol–water partition coefficient (Wildman–Crippen LogP) is 2.74. The average molecular weight is 465 g/mol. The number of likely N-dealkylation sites (tertiary alicyclic amines) is 1. The molecule has 1 saturated carbocycles. The van der Waals surface area contributed by atoms with Crippen LogP contribution in [0.2, 0.25) is 0 Å². The summed E-state index contributed by atoms with van der Waals surface area (Å²) in [4.78, 5) is 37.3. The third-order valence-corrected chi connectivity index (χ3v) is 7.33. The molecule has 2 aliphatic carbocycles. The Hall–Kier alpha value is -3.39. The van der Waals surface area contributed by atoms with Gasteiger partial charge in [0.2, 0.25) is 5.91 Å². The van der Waals surface area contributed by atoms with Crippen molar-refractivity contribution in [3.05, 3.63) is 59.7 Å². The number of ether oxygens (including phenoxy) is 1. The van der Waals surface area contributed by atoms with Crippen molar-refractivity contribution < 1.29 is 29.3 Å². The summed E-state index contributed by atoms with van der Waals surface area (Å²) in [6, 6.07) is 16.3. The summed E-state index contributed by atoms with van der Waals surface area (Å²) in [5, 5.41) is 21.7. The lowest BCUT2D eigenvalue weighted by Crippen LogP contribution is -2.67. The molecule has 3 N–H and O–H groups in total. The molecule has 0 spiro atoms. The first-order chi connectivity index (χ1) is 16.3. The van der Waals surface area contributed by atoms with Crippen LogP contribution < -0.4 is 5.32 Å². The van der Waals surface area contributed by atoms with Gasteiger partial charge in [0.05, 0.1) is 13.1 Å². The molecular weight excluding hydrogens is 436 g/mol. The number of fused-ring (bicyclic) bond motifs is 3. The summed E-state index contributed by atoms with van der Waals surface area (Å²) >= 11 is 0. The Labute approximate surface area is 197 Å². The van der Waals surface area contributed by atoms with Gasteiger partial charge in [0.1, 0.15) is 6.61 Å². The number of alkyl carbamates (subject to hydrolysis) is 1. The number of carbonyl (C=O) groups is 3. The van der Waals surface area contributed by atoms with Crippen molar-refractivity contribution in [3.8, 4) is 11.1 Å². The van der Waals surface area contributed by atoms with Crippen LogP contribution in [0.15, 0.2) is 48.5 Å². The molecule has 0 bridgehead atoms. The molecule has 1 heterocycles. The first-order valence-electron chi connectivity index (χ1n) is 11.7. The number of nitrogens with one attached hydrogen (secondary N) is 1. The molecule has 2 aromatic rings. The van der Waals surface area contributed by atoms with Gasteiger partial charge in [0.25, 0.3) is 0 Å². The van der Waals surface area contributed by atoms with E-state index in [-0.39, 0.29) is 43.5 Å². The summed E-state index contributed by atoms with van der Waals surface area (Å²) in [5.41, 5.74) is 2.87. The van der Waals surface area contributed by atoms with Crippen molar-refractivity contribution in [2.24, 2.45) is 5.92 Å². The highest BCUT2D eigenvalue weighted by Crippen LogP contribution is 2.44. The van der Waals surface area contributed by atoms with Crippen LogP contribution in [0, 0.1) is 5.92 Å². The fourth-order valence-electron chi connectivity index (χ4n) is 5.47. The molecule has 2 atom stereocenters. The molecule has 8 heteroatoms. The van der Waals surface area contributed by atoms with Crippen molar-refractivity contribution in [1.29, 1.82) is 0 Å². The van der Waals surface area contributed by atoms with Gasteiger partial charge in [-0.2, -0.15) is 0 Å². The number of hydrogen-bond acceptors (Lipinski definition) is 5. The Kier molecular flexibility index (Phi) is 5.77. The van der Waals surface area contributed by atoms with E-state index in [0.717, 1.165) is 24.0 Å².